The number of aromatic nitrogens is 6. The number of amides is 4. The fourth-order valence-corrected chi connectivity index (χ4v) is 7.23. The number of primary amides is 1. The van der Waals surface area contributed by atoms with Crippen LogP contribution in [0, 0.1) is 0 Å². The minimum absolute atomic E-state index is 0. The molecule has 4 amide bonds. The molecule has 2 aromatic heterocycles. The molecule has 3 atom stereocenters. The van der Waals surface area contributed by atoms with E-state index >= 15 is 0 Å². The minimum atomic E-state index is -1.60. The number of aryl methyl sites for hydroxylation is 1. The Labute approximate surface area is 302 Å². The van der Waals surface area contributed by atoms with Crippen molar-refractivity contribution in [3.05, 3.63) is 69.8 Å². The Morgan fingerprint density at radius 2 is 2.02 bits per heavy atom. The van der Waals surface area contributed by atoms with E-state index in [-0.39, 0.29) is 69.7 Å². The molecule has 2 unspecified atom stereocenters. The van der Waals surface area contributed by atoms with E-state index in [0.29, 0.717) is 17.3 Å². The van der Waals surface area contributed by atoms with Crippen molar-refractivity contribution in [3.8, 4) is 5.75 Å². The number of H-pyrrole nitrogens is 1. The molecular weight excluding hydrogens is 677 g/mol. The van der Waals surface area contributed by atoms with E-state index in [2.05, 4.69) is 36.1 Å². The van der Waals surface area contributed by atoms with E-state index in [1.165, 1.54) is 52.5 Å². The smallest absolute Gasteiger partial charge is 0.543 e. The van der Waals surface area contributed by atoms with Gasteiger partial charge in [-0.15, -0.1) is 16.9 Å². The number of carboxylic acids is 1. The van der Waals surface area contributed by atoms with Crippen molar-refractivity contribution in [1.82, 2.24) is 40.4 Å². The number of allylic oxidation sites excluding steroid dienone is 1. The molecule has 0 aliphatic carbocycles. The number of urea groups is 1. The Bertz CT molecular complexity index is 1830. The molecular formula is C27H28N11NaO7S2. The number of anilines is 2. The third-order valence-electron chi connectivity index (χ3n) is 7.11. The van der Waals surface area contributed by atoms with Gasteiger partial charge in [0.2, 0.25) is 17.0 Å². The van der Waals surface area contributed by atoms with Crippen molar-refractivity contribution >= 4 is 59.0 Å². The first kappa shape index (κ1) is 36.5. The van der Waals surface area contributed by atoms with Gasteiger partial charge in [-0.3, -0.25) is 29.2 Å². The molecule has 4 heterocycles. The Balaban J connectivity index is 0.00000520. The van der Waals surface area contributed by atoms with Gasteiger partial charge in [0, 0.05) is 25.1 Å². The molecule has 246 valence electrons. The van der Waals surface area contributed by atoms with Crippen LogP contribution < -0.4 is 61.5 Å². The molecule has 21 heteroatoms. The Morgan fingerprint density at radius 1 is 1.29 bits per heavy atom. The number of hydrogen-bond donors (Lipinski definition) is 5. The number of nitrogens with one attached hydrogen (secondary N) is 3. The SMILES string of the molecule is CC=CCNc1ncc(N(C(N)=O)C(C(=O)NC2C(=O)N3C(C(=O)[O-])=C(CSc4nnnn4C)CS[C@@H]23)c2ccc(O)cc2)c(=O)[nH]1.[Na+]. The number of carbonyl (C=O) groups excluding carboxylic acids is 4. The quantitative estimate of drug-likeness (QED) is 0.0519. The monoisotopic (exact) mass is 705 g/mol. The summed E-state index contributed by atoms with van der Waals surface area (Å²) in [6, 6.07) is 1.26. The fourth-order valence-electron chi connectivity index (χ4n) is 4.89. The summed E-state index contributed by atoms with van der Waals surface area (Å²) in [7, 11) is 1.63. The Kier molecular flexibility index (Phi) is 11.9. The van der Waals surface area contributed by atoms with Gasteiger partial charge in [-0.05, 0) is 40.6 Å². The van der Waals surface area contributed by atoms with Crippen LogP contribution in [0.25, 0.3) is 0 Å². The van der Waals surface area contributed by atoms with Crippen molar-refractivity contribution in [3.63, 3.8) is 0 Å². The first-order chi connectivity index (χ1) is 22.5. The summed E-state index contributed by atoms with van der Waals surface area (Å²) in [5.74, 6) is -2.85. The first-order valence-electron chi connectivity index (χ1n) is 13.9. The number of carboxylic acid groups (broad SMARTS) is 1. The molecule has 1 aromatic carbocycles. The molecule has 0 saturated carbocycles. The summed E-state index contributed by atoms with van der Waals surface area (Å²) < 4.78 is 1.42. The standard InChI is InChI=1S/C27H29N11O7S2.Na/c1-3-4-9-29-26-30-10-16(20(40)32-26)37(25(28)45)18(13-5-7-15(39)8-6-13)21(41)31-17-22(42)38-19(24(43)44)14(11-46-23(17)38)12-47-27-33-34-35-36(27)2;/h3-8,10,17-18,23,39H,9,11-12H2,1-2H3,(H2,28,45)(H,31,41)(H,43,44)(H2,29,30,32,40);/q;+1/p-1/t17?,18?,23-;/m0./s1. The van der Waals surface area contributed by atoms with Crippen LogP contribution in [-0.2, 0) is 21.4 Å². The van der Waals surface area contributed by atoms with Gasteiger partial charge in [-0.25, -0.2) is 14.5 Å². The molecule has 6 N–H and O–H groups in total. The van der Waals surface area contributed by atoms with Crippen LogP contribution in [-0.4, -0.2) is 93.5 Å². The third kappa shape index (κ3) is 7.51. The van der Waals surface area contributed by atoms with E-state index in [1.54, 1.807) is 19.2 Å². The Morgan fingerprint density at radius 3 is 2.62 bits per heavy atom. The number of aliphatic carboxylic acids is 1. The van der Waals surface area contributed by atoms with Gasteiger partial charge in [-0.2, -0.15) is 0 Å². The molecule has 1 fully saturated rings. The molecule has 0 radical (unpaired) electrons. The molecule has 2 aliphatic rings. The number of thioether (sulfide) groups is 2. The number of phenolic OH excluding ortho intramolecular Hbond substituents is 1. The number of hydrogen-bond acceptors (Lipinski definition) is 14. The van der Waals surface area contributed by atoms with Crippen LogP contribution in [0.5, 0.6) is 5.75 Å². The molecule has 1 saturated heterocycles. The normalized spacial score (nSPS) is 17.6. The van der Waals surface area contributed by atoms with Crippen LogP contribution in [0.1, 0.15) is 18.5 Å². The fraction of sp³-hybridized carbons (Fsp3) is 0.296. The van der Waals surface area contributed by atoms with Gasteiger partial charge in [0.05, 0.1) is 17.9 Å². The molecule has 2 aliphatic heterocycles. The van der Waals surface area contributed by atoms with Crippen LogP contribution in [0.15, 0.2) is 63.8 Å². The molecule has 3 aromatic rings. The number of aromatic amines is 1. The average Bonchev–Trinajstić information content (AvgIpc) is 3.46. The second-order valence-electron chi connectivity index (χ2n) is 10.1. The maximum absolute atomic E-state index is 13.9. The zero-order valence-corrected chi connectivity index (χ0v) is 29.4. The maximum atomic E-state index is 13.9. The summed E-state index contributed by atoms with van der Waals surface area (Å²) in [5, 5.41) is 38.3. The predicted octanol–water partition coefficient (Wildman–Crippen LogP) is -4.19. The summed E-state index contributed by atoms with van der Waals surface area (Å²) in [6.07, 6.45) is 4.65. The number of nitrogens with two attached hydrogens (primary N) is 1. The number of β-lactam (4-membered cyclic amide) rings is 1. The van der Waals surface area contributed by atoms with Crippen LogP contribution in [0.3, 0.4) is 0 Å². The minimum Gasteiger partial charge on any atom is -0.543 e. The number of carbonyl (C=O) groups is 4. The van der Waals surface area contributed by atoms with Gasteiger partial charge in [-0.1, -0.05) is 36.0 Å². The second-order valence-corrected chi connectivity index (χ2v) is 12.2. The molecule has 18 nitrogen and oxygen atoms in total. The summed E-state index contributed by atoms with van der Waals surface area (Å²) >= 11 is 2.41. The van der Waals surface area contributed by atoms with E-state index < -0.39 is 46.8 Å². The van der Waals surface area contributed by atoms with Crippen LogP contribution in [0.2, 0.25) is 0 Å². The van der Waals surface area contributed by atoms with Gasteiger partial charge in [0.1, 0.15) is 28.9 Å². The largest absolute Gasteiger partial charge is 1.00 e. The third-order valence-corrected chi connectivity index (χ3v) is 9.55. The maximum Gasteiger partial charge on any atom is 1.00 e. The first-order valence-corrected chi connectivity index (χ1v) is 15.9. The van der Waals surface area contributed by atoms with Crippen molar-refractivity contribution in [2.45, 2.75) is 29.5 Å². The van der Waals surface area contributed by atoms with Crippen molar-refractivity contribution in [1.29, 1.82) is 0 Å². The summed E-state index contributed by atoms with van der Waals surface area (Å²) in [4.78, 5) is 73.9. The number of aromatic hydroxyl groups is 1. The Hall–Kier alpha value is -4.37. The van der Waals surface area contributed by atoms with Crippen molar-refractivity contribution < 1.29 is 58.9 Å². The topological polar surface area (TPSA) is 257 Å². The van der Waals surface area contributed by atoms with Gasteiger partial charge >= 0.3 is 35.6 Å². The molecule has 48 heavy (non-hydrogen) atoms. The van der Waals surface area contributed by atoms with E-state index in [4.69, 9.17) is 5.73 Å². The zero-order valence-electron chi connectivity index (χ0n) is 25.8. The summed E-state index contributed by atoms with van der Waals surface area (Å²) in [5.41, 5.74) is 4.80. The van der Waals surface area contributed by atoms with Gasteiger partial charge < -0.3 is 31.4 Å². The van der Waals surface area contributed by atoms with E-state index in [0.717, 1.165) is 16.0 Å². The number of fused-ring (bicyclic) bond motifs is 1. The molecule has 5 rings (SSSR count). The molecule has 0 bridgehead atoms. The number of phenols is 1. The zero-order chi connectivity index (χ0) is 33.8. The van der Waals surface area contributed by atoms with Crippen molar-refractivity contribution in [2.75, 3.05) is 28.3 Å². The predicted molar refractivity (Wildman–Crippen MR) is 168 cm³/mol. The van der Waals surface area contributed by atoms with E-state index in [9.17, 15) is 34.2 Å². The van der Waals surface area contributed by atoms with E-state index in [1.807, 2.05) is 6.92 Å². The van der Waals surface area contributed by atoms with Gasteiger partial charge in [0.25, 0.3) is 11.5 Å². The second kappa shape index (κ2) is 15.7. The molecule has 0 spiro atoms. The van der Waals surface area contributed by atoms with Crippen LogP contribution in [0.4, 0.5) is 16.4 Å². The number of benzene rings is 1. The number of tetrazole rings is 1. The van der Waals surface area contributed by atoms with Crippen molar-refractivity contribution in [2.24, 2.45) is 12.8 Å². The number of rotatable bonds is 12. The average molecular weight is 706 g/mol. The van der Waals surface area contributed by atoms with Gasteiger partial charge in [0.15, 0.2) is 0 Å². The number of nitrogens with zero attached hydrogens (tertiary/aromatic N) is 7. The summed E-state index contributed by atoms with van der Waals surface area (Å²) in [6.45, 7) is 2.18. The van der Waals surface area contributed by atoms with Crippen LogP contribution >= 0.6 is 23.5 Å².